The van der Waals surface area contributed by atoms with Gasteiger partial charge in [0.1, 0.15) is 5.82 Å². The number of rotatable bonds is 6. The number of hydrazine groups is 1. The zero-order valence-electron chi connectivity index (χ0n) is 12.4. The third-order valence-corrected chi connectivity index (χ3v) is 3.01. The summed E-state index contributed by atoms with van der Waals surface area (Å²) < 4.78 is 12.7. The highest BCUT2D eigenvalue weighted by atomic mass is 19.1. The highest BCUT2D eigenvalue weighted by Gasteiger charge is 2.09. The summed E-state index contributed by atoms with van der Waals surface area (Å²) in [5, 5.41) is 2.73. The Morgan fingerprint density at radius 2 is 1.81 bits per heavy atom. The second kappa shape index (κ2) is 8.94. The molecular formula is C15H22FN3O2. The molecule has 116 valence electrons. The third-order valence-electron chi connectivity index (χ3n) is 3.01. The van der Waals surface area contributed by atoms with Gasteiger partial charge in [0.2, 0.25) is 0 Å². The molecule has 0 unspecified atom stereocenters. The summed E-state index contributed by atoms with van der Waals surface area (Å²) in [4.78, 5) is 23.3. The summed E-state index contributed by atoms with van der Waals surface area (Å²) in [7, 11) is 0. The van der Waals surface area contributed by atoms with Crippen LogP contribution in [0.3, 0.4) is 0 Å². The highest BCUT2D eigenvalue weighted by Crippen LogP contribution is 2.03. The van der Waals surface area contributed by atoms with E-state index in [1.807, 2.05) is 6.92 Å². The first-order valence-electron chi connectivity index (χ1n) is 7.15. The van der Waals surface area contributed by atoms with Gasteiger partial charge in [-0.25, -0.2) is 14.6 Å². The molecule has 1 aromatic rings. The summed E-state index contributed by atoms with van der Waals surface area (Å²) >= 11 is 0. The molecular weight excluding hydrogens is 273 g/mol. The maximum atomic E-state index is 12.7. The van der Waals surface area contributed by atoms with E-state index in [0.717, 1.165) is 25.7 Å². The minimum atomic E-state index is -0.496. The summed E-state index contributed by atoms with van der Waals surface area (Å²) in [6, 6.07) is 4.64. The zero-order chi connectivity index (χ0) is 15.7. The van der Waals surface area contributed by atoms with Crippen molar-refractivity contribution in [3.05, 3.63) is 35.6 Å². The van der Waals surface area contributed by atoms with E-state index in [1.54, 1.807) is 0 Å². The van der Waals surface area contributed by atoms with Gasteiger partial charge < -0.3 is 5.32 Å². The summed E-state index contributed by atoms with van der Waals surface area (Å²) in [6.45, 7) is 4.03. The van der Waals surface area contributed by atoms with Gasteiger partial charge in [-0.3, -0.25) is 10.2 Å². The molecule has 0 radical (unpaired) electrons. The Bertz CT molecular complexity index is 462. The summed E-state index contributed by atoms with van der Waals surface area (Å²) in [6.07, 6.45) is 4.22. The van der Waals surface area contributed by atoms with Crippen LogP contribution in [0, 0.1) is 5.82 Å². The molecule has 0 fully saturated rings. The molecule has 0 spiro atoms. The van der Waals surface area contributed by atoms with E-state index in [-0.39, 0.29) is 11.6 Å². The highest BCUT2D eigenvalue weighted by molar-refractivity contribution is 5.95. The maximum Gasteiger partial charge on any atom is 0.333 e. The van der Waals surface area contributed by atoms with Crippen molar-refractivity contribution >= 4 is 11.9 Å². The van der Waals surface area contributed by atoms with Crippen molar-refractivity contribution < 1.29 is 14.0 Å². The standard InChI is InChI=1S/C15H22FN3O2/c1-3-4-5-6-11(2)17-15(21)19-18-14(20)12-7-9-13(16)10-8-12/h7-11H,3-6H2,1-2H3,(H,18,20)(H2,17,19,21)/t11-/m1/s1. The number of unbranched alkanes of at least 4 members (excludes halogenated alkanes) is 2. The molecule has 21 heavy (non-hydrogen) atoms. The van der Waals surface area contributed by atoms with Gasteiger partial charge in [0.25, 0.3) is 5.91 Å². The largest absolute Gasteiger partial charge is 0.334 e. The van der Waals surface area contributed by atoms with Crippen LogP contribution in [-0.4, -0.2) is 18.0 Å². The van der Waals surface area contributed by atoms with E-state index >= 15 is 0 Å². The summed E-state index contributed by atoms with van der Waals surface area (Å²) in [5.74, 6) is -0.915. The number of benzene rings is 1. The second-order valence-electron chi connectivity index (χ2n) is 4.96. The van der Waals surface area contributed by atoms with Crippen LogP contribution in [-0.2, 0) is 0 Å². The van der Waals surface area contributed by atoms with Gasteiger partial charge in [0.15, 0.2) is 0 Å². The maximum absolute atomic E-state index is 12.7. The van der Waals surface area contributed by atoms with Crippen LogP contribution in [0.25, 0.3) is 0 Å². The lowest BCUT2D eigenvalue weighted by Crippen LogP contribution is -2.49. The van der Waals surface area contributed by atoms with Crippen LogP contribution in [0.2, 0.25) is 0 Å². The monoisotopic (exact) mass is 295 g/mol. The minimum absolute atomic E-state index is 0.0410. The van der Waals surface area contributed by atoms with E-state index in [4.69, 9.17) is 0 Å². The smallest absolute Gasteiger partial charge is 0.333 e. The number of amides is 3. The van der Waals surface area contributed by atoms with E-state index < -0.39 is 17.8 Å². The Morgan fingerprint density at radius 1 is 1.14 bits per heavy atom. The molecule has 0 saturated carbocycles. The van der Waals surface area contributed by atoms with Crippen molar-refractivity contribution in [3.8, 4) is 0 Å². The quantitative estimate of drug-likeness (QED) is 0.558. The van der Waals surface area contributed by atoms with E-state index in [2.05, 4.69) is 23.1 Å². The Labute approximate surface area is 124 Å². The Hall–Kier alpha value is -2.11. The number of hydrogen-bond acceptors (Lipinski definition) is 2. The predicted molar refractivity (Wildman–Crippen MR) is 79.1 cm³/mol. The number of hydrogen-bond donors (Lipinski definition) is 3. The van der Waals surface area contributed by atoms with Crippen molar-refractivity contribution in [3.63, 3.8) is 0 Å². The Kier molecular flexibility index (Phi) is 7.21. The van der Waals surface area contributed by atoms with Crippen LogP contribution in [0.4, 0.5) is 9.18 Å². The van der Waals surface area contributed by atoms with Gasteiger partial charge in [-0.05, 0) is 37.6 Å². The Balaban J connectivity index is 2.29. The Morgan fingerprint density at radius 3 is 2.43 bits per heavy atom. The van der Waals surface area contributed by atoms with Crippen molar-refractivity contribution in [2.45, 2.75) is 45.6 Å². The van der Waals surface area contributed by atoms with Gasteiger partial charge in [0, 0.05) is 11.6 Å². The van der Waals surface area contributed by atoms with Crippen LogP contribution in [0.5, 0.6) is 0 Å². The molecule has 3 N–H and O–H groups in total. The predicted octanol–water partition coefficient (Wildman–Crippen LogP) is 2.74. The average molecular weight is 295 g/mol. The number of urea groups is 1. The molecule has 0 bridgehead atoms. The zero-order valence-corrected chi connectivity index (χ0v) is 12.4. The second-order valence-corrected chi connectivity index (χ2v) is 4.96. The fourth-order valence-corrected chi connectivity index (χ4v) is 1.82. The van der Waals surface area contributed by atoms with Crippen molar-refractivity contribution in [2.24, 2.45) is 0 Å². The van der Waals surface area contributed by atoms with Gasteiger partial charge in [-0.15, -0.1) is 0 Å². The number of carbonyl (C=O) groups is 2. The number of halogens is 1. The van der Waals surface area contributed by atoms with Gasteiger partial charge in [-0.2, -0.15) is 0 Å². The lowest BCUT2D eigenvalue weighted by Gasteiger charge is -2.14. The molecule has 1 atom stereocenters. The molecule has 1 aromatic carbocycles. The van der Waals surface area contributed by atoms with Crippen molar-refractivity contribution in [1.29, 1.82) is 0 Å². The van der Waals surface area contributed by atoms with Crippen LogP contribution >= 0.6 is 0 Å². The lowest BCUT2D eigenvalue weighted by atomic mass is 10.1. The van der Waals surface area contributed by atoms with Gasteiger partial charge >= 0.3 is 6.03 Å². The van der Waals surface area contributed by atoms with Crippen molar-refractivity contribution in [1.82, 2.24) is 16.2 Å². The van der Waals surface area contributed by atoms with E-state index in [1.165, 1.54) is 24.3 Å². The molecule has 0 saturated heterocycles. The molecule has 3 amide bonds. The molecule has 5 nitrogen and oxygen atoms in total. The van der Waals surface area contributed by atoms with Crippen molar-refractivity contribution in [2.75, 3.05) is 0 Å². The fraction of sp³-hybridized carbons (Fsp3) is 0.467. The molecule has 0 aliphatic carbocycles. The summed E-state index contributed by atoms with van der Waals surface area (Å²) in [5.41, 5.74) is 4.81. The van der Waals surface area contributed by atoms with Crippen LogP contribution < -0.4 is 16.2 Å². The molecule has 0 aliphatic rings. The average Bonchev–Trinajstić information content (AvgIpc) is 2.46. The van der Waals surface area contributed by atoms with Crippen LogP contribution in [0.1, 0.15) is 49.9 Å². The first kappa shape index (κ1) is 16.9. The first-order valence-corrected chi connectivity index (χ1v) is 7.15. The minimum Gasteiger partial charge on any atom is -0.334 e. The molecule has 0 aliphatic heterocycles. The SMILES string of the molecule is CCCCC[C@@H](C)NC(=O)NNC(=O)c1ccc(F)cc1. The van der Waals surface area contributed by atoms with E-state index in [0.29, 0.717) is 0 Å². The van der Waals surface area contributed by atoms with E-state index in [9.17, 15) is 14.0 Å². The normalized spacial score (nSPS) is 11.6. The molecule has 1 rings (SSSR count). The first-order chi connectivity index (χ1) is 10.0. The topological polar surface area (TPSA) is 70.2 Å². The van der Waals surface area contributed by atoms with Gasteiger partial charge in [0.05, 0.1) is 0 Å². The number of nitrogens with one attached hydrogen (secondary N) is 3. The van der Waals surface area contributed by atoms with Gasteiger partial charge in [-0.1, -0.05) is 26.2 Å². The molecule has 0 heterocycles. The molecule has 6 heteroatoms. The number of carbonyl (C=O) groups excluding carboxylic acids is 2. The lowest BCUT2D eigenvalue weighted by molar-refractivity contribution is 0.0935. The van der Waals surface area contributed by atoms with Crippen LogP contribution in [0.15, 0.2) is 24.3 Å². The molecule has 0 aromatic heterocycles. The fourth-order valence-electron chi connectivity index (χ4n) is 1.82. The third kappa shape index (κ3) is 6.74.